The molecule has 1 N–H and O–H groups in total. The Morgan fingerprint density at radius 3 is 2.89 bits per heavy atom. The Balaban J connectivity index is 2.16. The Morgan fingerprint density at radius 2 is 2.22 bits per heavy atom. The summed E-state index contributed by atoms with van der Waals surface area (Å²) in [7, 11) is 0. The summed E-state index contributed by atoms with van der Waals surface area (Å²) in [5, 5.41) is 12.6. The van der Waals surface area contributed by atoms with Gasteiger partial charge >= 0.3 is 0 Å². The molecular weight excluding hydrogens is 244 g/mol. The molecule has 1 fully saturated rings. The van der Waals surface area contributed by atoms with Gasteiger partial charge in [0.1, 0.15) is 23.5 Å². The van der Waals surface area contributed by atoms with E-state index in [2.05, 4.69) is 18.3 Å². The first kappa shape index (κ1) is 13.3. The van der Waals surface area contributed by atoms with Crippen LogP contribution in [0.1, 0.15) is 25.3 Å². The number of nitrogens with one attached hydrogen (secondary N) is 1. The fraction of sp³-hybridized carbons (Fsp3) is 0.500. The first-order valence-corrected chi connectivity index (χ1v) is 7.37. The van der Waals surface area contributed by atoms with Crippen LogP contribution in [0.25, 0.3) is 0 Å². The lowest BCUT2D eigenvalue weighted by molar-refractivity contribution is 0.161. The molecule has 96 valence electrons. The summed E-state index contributed by atoms with van der Waals surface area (Å²) in [6, 6.07) is 8.14. The molecule has 0 radical (unpaired) electrons. The summed E-state index contributed by atoms with van der Waals surface area (Å²) in [5.74, 6) is 1.70. The number of rotatable bonds is 4. The summed E-state index contributed by atoms with van der Waals surface area (Å²) in [6.45, 7) is 4.08. The predicted molar refractivity (Wildman–Crippen MR) is 74.1 cm³/mol. The lowest BCUT2D eigenvalue weighted by Crippen LogP contribution is -2.34. The highest BCUT2D eigenvalue weighted by atomic mass is 32.2. The molecule has 1 aliphatic heterocycles. The maximum atomic E-state index is 9.30. The van der Waals surface area contributed by atoms with Gasteiger partial charge in [0.15, 0.2) is 0 Å². The zero-order valence-electron chi connectivity index (χ0n) is 10.6. The molecular formula is C14H18N2OS. The lowest BCUT2D eigenvalue weighted by Gasteiger charge is -2.24. The fourth-order valence-electron chi connectivity index (χ4n) is 2.09. The summed E-state index contributed by atoms with van der Waals surface area (Å²) >= 11 is 1.69. The zero-order valence-corrected chi connectivity index (χ0v) is 11.4. The van der Waals surface area contributed by atoms with Gasteiger partial charge in [-0.05, 0) is 43.8 Å². The smallest absolute Gasteiger partial charge is 0.138 e. The van der Waals surface area contributed by atoms with E-state index in [9.17, 15) is 5.26 Å². The van der Waals surface area contributed by atoms with E-state index in [0.29, 0.717) is 5.56 Å². The molecule has 1 aromatic carbocycles. The van der Waals surface area contributed by atoms with E-state index in [-0.39, 0.29) is 6.10 Å². The van der Waals surface area contributed by atoms with E-state index in [0.717, 1.165) is 42.3 Å². The van der Waals surface area contributed by atoms with Crippen LogP contribution in [0.5, 0.6) is 5.75 Å². The maximum Gasteiger partial charge on any atom is 0.138 e. The molecule has 2 rings (SSSR count). The Bertz CT molecular complexity index is 436. The van der Waals surface area contributed by atoms with Crippen molar-refractivity contribution in [1.29, 1.82) is 5.26 Å². The molecule has 18 heavy (non-hydrogen) atoms. The molecule has 1 heterocycles. The van der Waals surface area contributed by atoms with Crippen LogP contribution < -0.4 is 10.1 Å². The average molecular weight is 262 g/mol. The van der Waals surface area contributed by atoms with Gasteiger partial charge in [-0.15, -0.1) is 11.8 Å². The van der Waals surface area contributed by atoms with Crippen LogP contribution in [0.15, 0.2) is 23.1 Å². The zero-order chi connectivity index (χ0) is 12.8. The average Bonchev–Trinajstić information content (AvgIpc) is 2.41. The molecule has 0 aromatic heterocycles. The SMILES string of the molecule is CCSc1cccc(OC2CCNCC2)c1C#N. The fourth-order valence-corrected chi connectivity index (χ4v) is 2.86. The molecule has 1 aromatic rings. The second kappa shape index (κ2) is 6.67. The topological polar surface area (TPSA) is 45.0 Å². The summed E-state index contributed by atoms with van der Waals surface area (Å²) in [4.78, 5) is 1.02. The molecule has 0 amide bonds. The van der Waals surface area contributed by atoms with Crippen LogP contribution in [0, 0.1) is 11.3 Å². The third-order valence-electron chi connectivity index (χ3n) is 2.98. The van der Waals surface area contributed by atoms with Crippen molar-refractivity contribution in [2.75, 3.05) is 18.8 Å². The number of piperidine rings is 1. The monoisotopic (exact) mass is 262 g/mol. The number of nitriles is 1. The third kappa shape index (κ3) is 3.18. The van der Waals surface area contributed by atoms with Crippen LogP contribution >= 0.6 is 11.8 Å². The highest BCUT2D eigenvalue weighted by molar-refractivity contribution is 7.99. The van der Waals surface area contributed by atoms with E-state index in [1.54, 1.807) is 11.8 Å². The standard InChI is InChI=1S/C14H18N2OS/c1-2-18-14-5-3-4-13(12(14)10-15)17-11-6-8-16-9-7-11/h3-5,11,16H,2,6-9H2,1H3. The number of hydrogen-bond donors (Lipinski definition) is 1. The van der Waals surface area contributed by atoms with Gasteiger partial charge in [-0.2, -0.15) is 5.26 Å². The van der Waals surface area contributed by atoms with Gasteiger partial charge in [-0.25, -0.2) is 0 Å². The molecule has 0 atom stereocenters. The molecule has 1 saturated heterocycles. The van der Waals surface area contributed by atoms with Crippen molar-refractivity contribution in [3.8, 4) is 11.8 Å². The summed E-state index contributed by atoms with van der Waals surface area (Å²) in [6.07, 6.45) is 2.26. The maximum absolute atomic E-state index is 9.30. The molecule has 0 unspecified atom stereocenters. The minimum Gasteiger partial charge on any atom is -0.489 e. The van der Waals surface area contributed by atoms with Gasteiger partial charge in [0, 0.05) is 4.90 Å². The first-order chi connectivity index (χ1) is 8.85. The number of nitrogens with zero attached hydrogens (tertiary/aromatic N) is 1. The van der Waals surface area contributed by atoms with Crippen LogP contribution in [0.4, 0.5) is 0 Å². The Morgan fingerprint density at radius 1 is 1.44 bits per heavy atom. The van der Waals surface area contributed by atoms with E-state index in [4.69, 9.17) is 4.74 Å². The molecule has 0 bridgehead atoms. The first-order valence-electron chi connectivity index (χ1n) is 6.38. The third-order valence-corrected chi connectivity index (χ3v) is 3.92. The van der Waals surface area contributed by atoms with Gasteiger partial charge in [0.05, 0.1) is 0 Å². The molecule has 3 nitrogen and oxygen atoms in total. The molecule has 4 heteroatoms. The number of hydrogen-bond acceptors (Lipinski definition) is 4. The molecule has 0 saturated carbocycles. The highest BCUT2D eigenvalue weighted by Crippen LogP contribution is 2.30. The van der Waals surface area contributed by atoms with Gasteiger partial charge in [0.25, 0.3) is 0 Å². The minimum absolute atomic E-state index is 0.236. The number of ether oxygens (including phenoxy) is 1. The Labute approximate surface area is 113 Å². The Kier molecular flexibility index (Phi) is 4.91. The van der Waals surface area contributed by atoms with Crippen molar-refractivity contribution in [1.82, 2.24) is 5.32 Å². The largest absolute Gasteiger partial charge is 0.489 e. The van der Waals surface area contributed by atoms with Gasteiger partial charge in [-0.3, -0.25) is 0 Å². The van der Waals surface area contributed by atoms with Crippen molar-refractivity contribution < 1.29 is 4.74 Å². The molecule has 1 aliphatic rings. The number of thioether (sulfide) groups is 1. The van der Waals surface area contributed by atoms with E-state index >= 15 is 0 Å². The van der Waals surface area contributed by atoms with Crippen molar-refractivity contribution in [2.45, 2.75) is 30.8 Å². The number of benzene rings is 1. The van der Waals surface area contributed by atoms with Crippen molar-refractivity contribution in [2.24, 2.45) is 0 Å². The van der Waals surface area contributed by atoms with Crippen LogP contribution in [-0.4, -0.2) is 24.9 Å². The van der Waals surface area contributed by atoms with E-state index in [1.807, 2.05) is 18.2 Å². The van der Waals surface area contributed by atoms with Crippen LogP contribution in [0.3, 0.4) is 0 Å². The predicted octanol–water partition coefficient (Wildman–Crippen LogP) is 2.80. The normalized spacial score (nSPS) is 16.2. The van der Waals surface area contributed by atoms with Gasteiger partial charge in [0.2, 0.25) is 0 Å². The summed E-state index contributed by atoms with van der Waals surface area (Å²) < 4.78 is 5.99. The lowest BCUT2D eigenvalue weighted by atomic mass is 10.1. The Hall–Kier alpha value is -1.18. The van der Waals surface area contributed by atoms with Crippen LogP contribution in [-0.2, 0) is 0 Å². The quantitative estimate of drug-likeness (QED) is 0.848. The van der Waals surface area contributed by atoms with Gasteiger partial charge < -0.3 is 10.1 Å². The van der Waals surface area contributed by atoms with E-state index in [1.165, 1.54) is 0 Å². The summed E-state index contributed by atoms with van der Waals surface area (Å²) in [5.41, 5.74) is 0.683. The van der Waals surface area contributed by atoms with E-state index < -0.39 is 0 Å². The molecule has 0 spiro atoms. The van der Waals surface area contributed by atoms with Crippen molar-refractivity contribution in [3.05, 3.63) is 23.8 Å². The van der Waals surface area contributed by atoms with Gasteiger partial charge in [-0.1, -0.05) is 13.0 Å². The second-order valence-electron chi connectivity index (χ2n) is 4.24. The second-order valence-corrected chi connectivity index (χ2v) is 5.55. The highest BCUT2D eigenvalue weighted by Gasteiger charge is 2.17. The molecule has 0 aliphatic carbocycles. The van der Waals surface area contributed by atoms with Crippen molar-refractivity contribution in [3.63, 3.8) is 0 Å². The minimum atomic E-state index is 0.236. The van der Waals surface area contributed by atoms with Crippen molar-refractivity contribution >= 4 is 11.8 Å². The van der Waals surface area contributed by atoms with Crippen LogP contribution in [0.2, 0.25) is 0 Å².